The van der Waals surface area contributed by atoms with Crippen LogP contribution in [-0.4, -0.2) is 23.0 Å². The Hall–Kier alpha value is -1.26. The first-order valence-corrected chi connectivity index (χ1v) is 8.25. The van der Waals surface area contributed by atoms with E-state index >= 15 is 0 Å². The summed E-state index contributed by atoms with van der Waals surface area (Å²) in [7, 11) is 0. The van der Waals surface area contributed by atoms with E-state index < -0.39 is 5.41 Å². The second-order valence-electron chi connectivity index (χ2n) is 7.68. The van der Waals surface area contributed by atoms with Crippen molar-refractivity contribution in [2.24, 2.45) is 40.0 Å². The fraction of sp³-hybridized carbons (Fsp3) is 0.875. The quantitative estimate of drug-likeness (QED) is 0.321. The summed E-state index contributed by atoms with van der Waals surface area (Å²) in [4.78, 5) is 12.7. The first-order chi connectivity index (χ1) is 9.96. The minimum atomic E-state index is -0.778. The third-order valence-electron chi connectivity index (χ3n) is 6.22. The Labute approximate surface area is 126 Å². The van der Waals surface area contributed by atoms with Crippen molar-refractivity contribution in [2.75, 3.05) is 0 Å². The molecule has 0 radical (unpaired) electrons. The van der Waals surface area contributed by atoms with Crippen molar-refractivity contribution in [2.45, 2.75) is 58.4 Å². The van der Waals surface area contributed by atoms with Gasteiger partial charge in [-0.25, -0.2) is 0 Å². The Morgan fingerprint density at radius 1 is 1.38 bits per heavy atom. The van der Waals surface area contributed by atoms with Crippen molar-refractivity contribution in [3.8, 4) is 0 Å². The van der Waals surface area contributed by atoms with Crippen molar-refractivity contribution >= 4 is 11.7 Å². The zero-order valence-corrected chi connectivity index (χ0v) is 13.0. The highest BCUT2D eigenvalue weighted by molar-refractivity contribution is 6.07. The largest absolute Gasteiger partial charge is 0.409 e. The molecule has 4 atom stereocenters. The number of rotatable bonds is 4. The monoisotopic (exact) mass is 293 g/mol. The minimum Gasteiger partial charge on any atom is -0.409 e. The summed E-state index contributed by atoms with van der Waals surface area (Å²) < 4.78 is 0. The van der Waals surface area contributed by atoms with Gasteiger partial charge in [0.1, 0.15) is 5.41 Å². The van der Waals surface area contributed by atoms with E-state index in [2.05, 4.69) is 24.3 Å². The summed E-state index contributed by atoms with van der Waals surface area (Å²) in [5.74, 6) is 2.74. The maximum atomic E-state index is 12.7. The van der Waals surface area contributed by atoms with E-state index in [0.717, 1.165) is 11.8 Å². The lowest BCUT2D eigenvalue weighted by Crippen LogP contribution is -2.58. The Morgan fingerprint density at radius 3 is 2.57 bits per heavy atom. The van der Waals surface area contributed by atoms with E-state index in [-0.39, 0.29) is 17.8 Å². The molecule has 3 saturated carbocycles. The maximum Gasteiger partial charge on any atom is 0.234 e. The molecule has 4 unspecified atom stereocenters. The Morgan fingerprint density at radius 2 is 2.10 bits per heavy atom. The number of nitrogens with two attached hydrogens (primary N) is 1. The summed E-state index contributed by atoms with van der Waals surface area (Å²) in [5, 5.41) is 15.3. The number of amidine groups is 1. The van der Waals surface area contributed by atoms with Gasteiger partial charge in [-0.3, -0.25) is 4.79 Å². The van der Waals surface area contributed by atoms with Gasteiger partial charge in [-0.05, 0) is 62.7 Å². The Balaban J connectivity index is 1.65. The molecule has 0 aromatic heterocycles. The Bertz CT molecular complexity index is 456. The van der Waals surface area contributed by atoms with E-state index in [1.165, 1.54) is 25.7 Å². The number of carbonyl (C=O) groups excluding carboxylic acids is 1. The molecule has 5 heteroatoms. The van der Waals surface area contributed by atoms with Crippen molar-refractivity contribution < 1.29 is 10.0 Å². The van der Waals surface area contributed by atoms with Crippen LogP contribution in [0.15, 0.2) is 5.16 Å². The van der Waals surface area contributed by atoms with E-state index in [9.17, 15) is 4.79 Å². The van der Waals surface area contributed by atoms with Gasteiger partial charge in [0.05, 0.1) is 0 Å². The smallest absolute Gasteiger partial charge is 0.234 e. The lowest BCUT2D eigenvalue weighted by atomic mass is 9.61. The molecule has 0 heterocycles. The second kappa shape index (κ2) is 5.18. The van der Waals surface area contributed by atoms with Crippen LogP contribution in [0.1, 0.15) is 52.4 Å². The minimum absolute atomic E-state index is 0.0498. The van der Waals surface area contributed by atoms with Crippen LogP contribution in [0.2, 0.25) is 0 Å². The van der Waals surface area contributed by atoms with E-state index in [0.29, 0.717) is 24.7 Å². The molecule has 5 nitrogen and oxygen atoms in total. The van der Waals surface area contributed by atoms with Gasteiger partial charge in [-0.2, -0.15) is 0 Å². The predicted molar refractivity (Wildman–Crippen MR) is 80.8 cm³/mol. The molecule has 4 N–H and O–H groups in total. The van der Waals surface area contributed by atoms with Gasteiger partial charge in [0.2, 0.25) is 5.91 Å². The fourth-order valence-corrected chi connectivity index (χ4v) is 5.09. The summed E-state index contributed by atoms with van der Waals surface area (Å²) in [6.45, 7) is 4.21. The van der Waals surface area contributed by atoms with Crippen LogP contribution in [0.25, 0.3) is 0 Å². The predicted octanol–water partition coefficient (Wildman–Crippen LogP) is 2.09. The highest BCUT2D eigenvalue weighted by atomic mass is 16.4. The molecule has 2 bridgehead atoms. The number of hydrogen-bond donors (Lipinski definition) is 3. The normalized spacial score (nSPS) is 43.4. The van der Waals surface area contributed by atoms with Gasteiger partial charge in [0.25, 0.3) is 0 Å². The van der Waals surface area contributed by atoms with Crippen LogP contribution in [0, 0.1) is 29.1 Å². The number of nitrogens with zero attached hydrogens (tertiary/aromatic N) is 1. The number of nitrogens with one attached hydrogen (secondary N) is 1. The average molecular weight is 293 g/mol. The summed E-state index contributed by atoms with van der Waals surface area (Å²) >= 11 is 0. The molecule has 3 rings (SSSR count). The van der Waals surface area contributed by atoms with E-state index in [1.54, 1.807) is 0 Å². The van der Waals surface area contributed by atoms with Gasteiger partial charge in [0, 0.05) is 6.04 Å². The zero-order valence-electron chi connectivity index (χ0n) is 13.0. The number of oxime groups is 1. The Kier molecular flexibility index (Phi) is 3.62. The molecule has 0 saturated heterocycles. The molecule has 118 valence electrons. The highest BCUT2D eigenvalue weighted by Crippen LogP contribution is 2.50. The molecule has 3 fully saturated rings. The average Bonchev–Trinajstić information content (AvgIpc) is 3.05. The molecule has 0 aliphatic heterocycles. The second-order valence-corrected chi connectivity index (χ2v) is 7.68. The van der Waals surface area contributed by atoms with E-state index in [4.69, 9.17) is 10.9 Å². The number of fused-ring (bicyclic) bond motifs is 2. The van der Waals surface area contributed by atoms with E-state index in [1.807, 2.05) is 0 Å². The molecule has 21 heavy (non-hydrogen) atoms. The molecular formula is C16H27N3O2. The summed E-state index contributed by atoms with van der Waals surface area (Å²) in [5.41, 5.74) is 5.03. The lowest BCUT2D eigenvalue weighted by Gasteiger charge is -2.44. The molecule has 3 aliphatic rings. The highest BCUT2D eigenvalue weighted by Gasteiger charge is 2.53. The standard InChI is InChI=1S/C16H27N3O2/c1-9-7-16(8-9,14(17)19-21)15(20)18-10(2)13-6-11-3-4-12(13)5-11/h9-13,21H,3-8H2,1-2H3,(H2,17,19)(H,18,20). The van der Waals surface area contributed by atoms with Crippen molar-refractivity contribution in [1.29, 1.82) is 0 Å². The SMILES string of the molecule is CC1CC(C(=O)NC(C)C2CC3CCC2C3)(C(N)=NO)C1. The number of hydrogen-bond acceptors (Lipinski definition) is 3. The van der Waals surface area contributed by atoms with Crippen LogP contribution in [0.4, 0.5) is 0 Å². The molecular weight excluding hydrogens is 266 g/mol. The molecule has 3 aliphatic carbocycles. The van der Waals surface area contributed by atoms with Gasteiger partial charge in [0.15, 0.2) is 5.84 Å². The molecule has 0 aromatic rings. The van der Waals surface area contributed by atoms with Crippen molar-refractivity contribution in [1.82, 2.24) is 5.32 Å². The van der Waals surface area contributed by atoms with Crippen LogP contribution >= 0.6 is 0 Å². The third-order valence-corrected chi connectivity index (χ3v) is 6.22. The van der Waals surface area contributed by atoms with Gasteiger partial charge in [-0.15, -0.1) is 0 Å². The van der Waals surface area contributed by atoms with Gasteiger partial charge < -0.3 is 16.3 Å². The third kappa shape index (κ3) is 2.30. The first kappa shape index (κ1) is 14.7. The molecule has 0 spiro atoms. The lowest BCUT2D eigenvalue weighted by molar-refractivity contribution is -0.134. The van der Waals surface area contributed by atoms with Gasteiger partial charge in [-0.1, -0.05) is 18.5 Å². The van der Waals surface area contributed by atoms with Crippen LogP contribution in [0.5, 0.6) is 0 Å². The zero-order chi connectivity index (χ0) is 15.2. The first-order valence-electron chi connectivity index (χ1n) is 8.25. The fourth-order valence-electron chi connectivity index (χ4n) is 5.09. The maximum absolute atomic E-state index is 12.7. The van der Waals surface area contributed by atoms with Crippen LogP contribution in [-0.2, 0) is 4.79 Å². The number of amides is 1. The van der Waals surface area contributed by atoms with Crippen molar-refractivity contribution in [3.63, 3.8) is 0 Å². The molecule has 1 amide bonds. The van der Waals surface area contributed by atoms with Crippen LogP contribution in [0.3, 0.4) is 0 Å². The topological polar surface area (TPSA) is 87.7 Å². The number of carbonyl (C=O) groups is 1. The van der Waals surface area contributed by atoms with Crippen molar-refractivity contribution in [3.05, 3.63) is 0 Å². The summed E-state index contributed by atoms with van der Waals surface area (Å²) in [6, 6.07) is 0.187. The molecule has 0 aromatic carbocycles. The van der Waals surface area contributed by atoms with Crippen LogP contribution < -0.4 is 11.1 Å². The van der Waals surface area contributed by atoms with Gasteiger partial charge >= 0.3 is 0 Å². The summed E-state index contributed by atoms with van der Waals surface area (Å²) in [6.07, 6.45) is 6.63.